The van der Waals surface area contributed by atoms with E-state index >= 15 is 0 Å². The minimum atomic E-state index is -0.554. The molecule has 1 aliphatic heterocycles. The van der Waals surface area contributed by atoms with E-state index < -0.39 is 5.91 Å². The van der Waals surface area contributed by atoms with Gasteiger partial charge in [0.25, 0.3) is 5.91 Å². The first kappa shape index (κ1) is 18.5. The van der Waals surface area contributed by atoms with Gasteiger partial charge in [0.05, 0.1) is 24.4 Å². The molecule has 1 aliphatic rings. The highest BCUT2D eigenvalue weighted by Crippen LogP contribution is 2.26. The summed E-state index contributed by atoms with van der Waals surface area (Å²) in [7, 11) is 0. The van der Waals surface area contributed by atoms with E-state index in [1.165, 1.54) is 0 Å². The van der Waals surface area contributed by atoms with E-state index in [1.807, 2.05) is 49.4 Å². The number of hydrogen-bond donors (Lipinski definition) is 1. The maximum absolute atomic E-state index is 11.9. The molecule has 0 aliphatic carbocycles. The van der Waals surface area contributed by atoms with Crippen molar-refractivity contribution in [3.8, 4) is 11.4 Å². The number of aryl methyl sites for hydroxylation is 1. The van der Waals surface area contributed by atoms with Crippen LogP contribution in [0, 0.1) is 6.92 Å². The van der Waals surface area contributed by atoms with E-state index in [9.17, 15) is 4.79 Å². The molecule has 7 nitrogen and oxygen atoms in total. The molecule has 3 aromatic rings. The summed E-state index contributed by atoms with van der Waals surface area (Å²) in [6, 6.07) is 13.6. The number of rotatable bonds is 6. The van der Waals surface area contributed by atoms with Gasteiger partial charge in [0.2, 0.25) is 0 Å². The summed E-state index contributed by atoms with van der Waals surface area (Å²) in [5.74, 6) is 0.147. The fraction of sp³-hybridized carbons (Fsp3) is 0.333. The minimum Gasteiger partial charge on any atom is -0.492 e. The number of carbonyl (C=O) groups excluding carboxylic acids is 1. The number of nitrogens with zero attached hydrogens (tertiary/aromatic N) is 3. The van der Waals surface area contributed by atoms with Crippen LogP contribution in [0.5, 0.6) is 5.75 Å². The molecular formula is C21H24N4O3. The Morgan fingerprint density at radius 3 is 2.79 bits per heavy atom. The molecule has 0 bridgehead atoms. The van der Waals surface area contributed by atoms with E-state index in [0.717, 1.165) is 49.6 Å². The van der Waals surface area contributed by atoms with Gasteiger partial charge in [-0.25, -0.2) is 4.68 Å². The van der Waals surface area contributed by atoms with Crippen molar-refractivity contribution in [2.75, 3.05) is 39.5 Å². The predicted octanol–water partition coefficient (Wildman–Crippen LogP) is 2.14. The zero-order chi connectivity index (χ0) is 19.5. The average Bonchev–Trinajstić information content (AvgIpc) is 3.08. The molecule has 0 atom stereocenters. The number of morpholine rings is 1. The van der Waals surface area contributed by atoms with Gasteiger partial charge in [0.1, 0.15) is 12.4 Å². The summed E-state index contributed by atoms with van der Waals surface area (Å²) in [5.41, 5.74) is 8.64. The fourth-order valence-corrected chi connectivity index (χ4v) is 3.44. The van der Waals surface area contributed by atoms with E-state index in [0.29, 0.717) is 17.7 Å². The number of aromatic nitrogens is 2. The van der Waals surface area contributed by atoms with Gasteiger partial charge in [-0.3, -0.25) is 9.69 Å². The number of carbonyl (C=O) groups is 1. The van der Waals surface area contributed by atoms with Crippen LogP contribution in [0.1, 0.15) is 16.1 Å². The van der Waals surface area contributed by atoms with Crippen LogP contribution in [0.25, 0.3) is 16.6 Å². The Balaban J connectivity index is 1.59. The second-order valence-corrected chi connectivity index (χ2v) is 6.95. The van der Waals surface area contributed by atoms with Gasteiger partial charge in [0, 0.05) is 25.0 Å². The maximum Gasteiger partial charge on any atom is 0.269 e. The lowest BCUT2D eigenvalue weighted by atomic mass is 10.2. The summed E-state index contributed by atoms with van der Waals surface area (Å²) in [6.45, 7) is 6.83. The number of hydrogen-bond acceptors (Lipinski definition) is 5. The average molecular weight is 380 g/mol. The third kappa shape index (κ3) is 3.85. The van der Waals surface area contributed by atoms with Crippen molar-refractivity contribution in [1.29, 1.82) is 0 Å². The quantitative estimate of drug-likeness (QED) is 0.708. The highest BCUT2D eigenvalue weighted by Gasteiger charge is 2.17. The van der Waals surface area contributed by atoms with E-state index in [-0.39, 0.29) is 5.69 Å². The highest BCUT2D eigenvalue weighted by molar-refractivity contribution is 6.04. The molecule has 2 N–H and O–H groups in total. The molecule has 1 saturated heterocycles. The van der Waals surface area contributed by atoms with Crippen LogP contribution < -0.4 is 10.5 Å². The molecule has 1 aromatic heterocycles. The fourth-order valence-electron chi connectivity index (χ4n) is 3.44. The summed E-state index contributed by atoms with van der Waals surface area (Å²) >= 11 is 0. The number of primary amides is 1. The van der Waals surface area contributed by atoms with Gasteiger partial charge < -0.3 is 15.2 Å². The van der Waals surface area contributed by atoms with Crippen LogP contribution in [-0.2, 0) is 4.74 Å². The standard InChI is InChI=1S/C21H24N4O3/c1-15-3-2-4-16(13-15)25-19-6-5-17(14-18(19)20(23-25)21(22)26)28-12-9-24-7-10-27-11-8-24/h2-6,13-14H,7-12H2,1H3,(H2,22,26). The molecule has 0 radical (unpaired) electrons. The Bertz CT molecular complexity index is 992. The monoisotopic (exact) mass is 380 g/mol. The zero-order valence-electron chi connectivity index (χ0n) is 15.9. The van der Waals surface area contributed by atoms with Crippen LogP contribution in [0.3, 0.4) is 0 Å². The lowest BCUT2D eigenvalue weighted by Crippen LogP contribution is -2.38. The van der Waals surface area contributed by atoms with E-state index in [4.69, 9.17) is 15.2 Å². The predicted molar refractivity (Wildman–Crippen MR) is 107 cm³/mol. The number of amides is 1. The number of ether oxygens (including phenoxy) is 2. The normalized spacial score (nSPS) is 15.0. The van der Waals surface area contributed by atoms with Crippen LogP contribution in [-0.4, -0.2) is 60.0 Å². The van der Waals surface area contributed by atoms with Crippen molar-refractivity contribution < 1.29 is 14.3 Å². The molecular weight excluding hydrogens is 356 g/mol. The van der Waals surface area contributed by atoms with Crippen molar-refractivity contribution in [3.63, 3.8) is 0 Å². The molecule has 7 heteroatoms. The second kappa shape index (κ2) is 8.00. The Hall–Kier alpha value is -2.90. The first-order chi connectivity index (χ1) is 13.6. The second-order valence-electron chi connectivity index (χ2n) is 6.95. The van der Waals surface area contributed by atoms with Gasteiger partial charge in [0.15, 0.2) is 5.69 Å². The topological polar surface area (TPSA) is 82.6 Å². The molecule has 0 unspecified atom stereocenters. The van der Waals surface area contributed by atoms with Gasteiger partial charge in [-0.1, -0.05) is 12.1 Å². The zero-order valence-corrected chi connectivity index (χ0v) is 15.9. The molecule has 4 rings (SSSR count). The van der Waals surface area contributed by atoms with Crippen molar-refractivity contribution >= 4 is 16.8 Å². The largest absolute Gasteiger partial charge is 0.492 e. The SMILES string of the molecule is Cc1cccc(-n2nc(C(N)=O)c3cc(OCCN4CCOCC4)ccc32)c1. The van der Waals surface area contributed by atoms with Crippen LogP contribution in [0.4, 0.5) is 0 Å². The summed E-state index contributed by atoms with van der Waals surface area (Å²) < 4.78 is 13.0. The Morgan fingerprint density at radius 2 is 2.04 bits per heavy atom. The smallest absolute Gasteiger partial charge is 0.269 e. The van der Waals surface area contributed by atoms with Crippen molar-refractivity contribution in [1.82, 2.24) is 14.7 Å². The first-order valence-corrected chi connectivity index (χ1v) is 9.44. The van der Waals surface area contributed by atoms with Gasteiger partial charge >= 0.3 is 0 Å². The van der Waals surface area contributed by atoms with Crippen molar-refractivity contribution in [2.24, 2.45) is 5.73 Å². The van der Waals surface area contributed by atoms with Gasteiger partial charge in [-0.2, -0.15) is 5.10 Å². The van der Waals surface area contributed by atoms with E-state index in [2.05, 4.69) is 10.00 Å². The molecule has 2 heterocycles. The lowest BCUT2D eigenvalue weighted by Gasteiger charge is -2.26. The van der Waals surface area contributed by atoms with Crippen LogP contribution in [0.15, 0.2) is 42.5 Å². The summed E-state index contributed by atoms with van der Waals surface area (Å²) in [4.78, 5) is 14.3. The molecule has 146 valence electrons. The molecule has 1 fully saturated rings. The molecule has 0 spiro atoms. The Morgan fingerprint density at radius 1 is 1.21 bits per heavy atom. The van der Waals surface area contributed by atoms with Gasteiger partial charge in [-0.05, 0) is 42.8 Å². The van der Waals surface area contributed by atoms with Crippen LogP contribution >= 0.6 is 0 Å². The third-order valence-corrected chi connectivity index (χ3v) is 4.91. The third-order valence-electron chi connectivity index (χ3n) is 4.91. The Kier molecular flexibility index (Phi) is 5.27. The van der Waals surface area contributed by atoms with E-state index in [1.54, 1.807) is 4.68 Å². The first-order valence-electron chi connectivity index (χ1n) is 9.44. The summed E-state index contributed by atoms with van der Waals surface area (Å²) in [6.07, 6.45) is 0. The van der Waals surface area contributed by atoms with Crippen molar-refractivity contribution in [3.05, 3.63) is 53.7 Å². The molecule has 2 aromatic carbocycles. The lowest BCUT2D eigenvalue weighted by molar-refractivity contribution is 0.0322. The maximum atomic E-state index is 11.9. The molecule has 0 saturated carbocycles. The minimum absolute atomic E-state index is 0.245. The van der Waals surface area contributed by atoms with Crippen molar-refractivity contribution in [2.45, 2.75) is 6.92 Å². The number of fused-ring (bicyclic) bond motifs is 1. The van der Waals surface area contributed by atoms with Crippen LogP contribution in [0.2, 0.25) is 0 Å². The number of benzene rings is 2. The van der Waals surface area contributed by atoms with Gasteiger partial charge in [-0.15, -0.1) is 0 Å². The number of nitrogens with two attached hydrogens (primary N) is 1. The highest BCUT2D eigenvalue weighted by atomic mass is 16.5. The summed E-state index contributed by atoms with van der Waals surface area (Å²) in [5, 5.41) is 5.15. The molecule has 1 amide bonds. The Labute approximate surface area is 163 Å². The molecule has 28 heavy (non-hydrogen) atoms.